The van der Waals surface area contributed by atoms with Gasteiger partial charge in [-0.05, 0) is 46.3 Å². The highest BCUT2D eigenvalue weighted by molar-refractivity contribution is 9.10. The molecule has 7 nitrogen and oxygen atoms in total. The van der Waals surface area contributed by atoms with Gasteiger partial charge in [-0.1, -0.05) is 12.1 Å². The number of hydrogen-bond donors (Lipinski definition) is 2. The molecule has 0 atom stereocenters. The molecule has 2 rings (SSSR count). The van der Waals surface area contributed by atoms with Gasteiger partial charge < -0.3 is 0 Å². The third-order valence-electron chi connectivity index (χ3n) is 2.85. The molecular weight excluding hydrogens is 427 g/mol. The maximum Gasteiger partial charge on any atom is 0.265 e. The third-order valence-corrected chi connectivity index (χ3v) is 5.98. The van der Waals surface area contributed by atoms with E-state index in [-0.39, 0.29) is 10.0 Å². The lowest BCUT2D eigenvalue weighted by atomic mass is 10.2. The van der Waals surface area contributed by atoms with Crippen molar-refractivity contribution >= 4 is 41.9 Å². The maximum absolute atomic E-state index is 13.4. The molecule has 3 N–H and O–H groups in total. The van der Waals surface area contributed by atoms with Crippen LogP contribution in [0.1, 0.15) is 10.4 Å². The van der Waals surface area contributed by atoms with Crippen molar-refractivity contribution < 1.29 is 26.0 Å². The predicted octanol–water partition coefficient (Wildman–Crippen LogP) is 1.35. The summed E-state index contributed by atoms with van der Waals surface area (Å²) in [6.45, 7) is 0. The highest BCUT2D eigenvalue weighted by atomic mass is 79.9. The van der Waals surface area contributed by atoms with Crippen LogP contribution in [-0.2, 0) is 20.0 Å². The molecule has 0 saturated carbocycles. The van der Waals surface area contributed by atoms with Gasteiger partial charge in [0.2, 0.25) is 10.0 Å². The van der Waals surface area contributed by atoms with E-state index < -0.39 is 41.6 Å². The lowest BCUT2D eigenvalue weighted by Crippen LogP contribution is -2.32. The van der Waals surface area contributed by atoms with Crippen molar-refractivity contribution in [2.24, 2.45) is 5.14 Å². The van der Waals surface area contributed by atoms with E-state index in [2.05, 4.69) is 15.9 Å². The fourth-order valence-electron chi connectivity index (χ4n) is 1.78. The Morgan fingerprint density at radius 1 is 1.04 bits per heavy atom. The number of rotatable bonds is 4. The fourth-order valence-corrected chi connectivity index (χ4v) is 4.38. The molecule has 0 unspecified atom stereocenters. The Morgan fingerprint density at radius 2 is 1.62 bits per heavy atom. The van der Waals surface area contributed by atoms with Crippen LogP contribution in [-0.4, -0.2) is 22.7 Å². The zero-order valence-corrected chi connectivity index (χ0v) is 15.0. The average molecular weight is 437 g/mol. The van der Waals surface area contributed by atoms with Crippen LogP contribution in [0.5, 0.6) is 0 Å². The van der Waals surface area contributed by atoms with Gasteiger partial charge in [-0.3, -0.25) is 4.79 Å². The summed E-state index contributed by atoms with van der Waals surface area (Å²) >= 11 is 2.90. The second-order valence-electron chi connectivity index (χ2n) is 4.56. The number of benzene rings is 2. The van der Waals surface area contributed by atoms with Gasteiger partial charge >= 0.3 is 0 Å². The molecule has 0 radical (unpaired) electrons. The number of hydrogen-bond acceptors (Lipinski definition) is 5. The maximum atomic E-state index is 13.4. The van der Waals surface area contributed by atoms with Crippen LogP contribution in [0.4, 0.5) is 4.39 Å². The van der Waals surface area contributed by atoms with E-state index in [1.165, 1.54) is 24.3 Å². The highest BCUT2D eigenvalue weighted by Crippen LogP contribution is 2.20. The van der Waals surface area contributed by atoms with Crippen LogP contribution < -0.4 is 9.86 Å². The van der Waals surface area contributed by atoms with Crippen LogP contribution in [0, 0.1) is 5.82 Å². The Kier molecular flexibility index (Phi) is 5.08. The zero-order chi connectivity index (χ0) is 18.1. The fraction of sp³-hybridized carbons (Fsp3) is 0. The number of nitrogens with two attached hydrogens (primary N) is 1. The normalized spacial score (nSPS) is 12.0. The van der Waals surface area contributed by atoms with E-state index in [4.69, 9.17) is 5.14 Å². The van der Waals surface area contributed by atoms with Gasteiger partial charge in [0, 0.05) is 5.56 Å². The van der Waals surface area contributed by atoms with Gasteiger partial charge in [-0.2, -0.15) is 0 Å². The average Bonchev–Trinajstić information content (AvgIpc) is 2.48. The van der Waals surface area contributed by atoms with Gasteiger partial charge in [0.05, 0.1) is 4.47 Å². The molecule has 0 aliphatic heterocycles. The first-order chi connectivity index (χ1) is 11.0. The van der Waals surface area contributed by atoms with Gasteiger partial charge in [0.25, 0.3) is 15.9 Å². The third kappa shape index (κ3) is 3.98. The largest absolute Gasteiger partial charge is 0.268 e. The number of halogens is 2. The van der Waals surface area contributed by atoms with Gasteiger partial charge in [-0.15, -0.1) is 0 Å². The summed E-state index contributed by atoms with van der Waals surface area (Å²) in [4.78, 5) is 10.7. The number of amides is 1. The van der Waals surface area contributed by atoms with Crippen LogP contribution >= 0.6 is 15.9 Å². The van der Waals surface area contributed by atoms with Crippen LogP contribution in [0.2, 0.25) is 0 Å². The van der Waals surface area contributed by atoms with Crippen molar-refractivity contribution in [1.82, 2.24) is 4.72 Å². The molecular formula is C13H10BrFN2O5S2. The van der Waals surface area contributed by atoms with E-state index in [1.807, 2.05) is 0 Å². The Morgan fingerprint density at radius 3 is 2.17 bits per heavy atom. The molecule has 0 spiro atoms. The van der Waals surface area contributed by atoms with E-state index in [9.17, 15) is 26.0 Å². The van der Waals surface area contributed by atoms with Crippen molar-refractivity contribution in [2.75, 3.05) is 0 Å². The molecule has 0 bridgehead atoms. The topological polar surface area (TPSA) is 123 Å². The van der Waals surface area contributed by atoms with Crippen LogP contribution in [0.25, 0.3) is 0 Å². The lowest BCUT2D eigenvalue weighted by molar-refractivity contribution is 0.0981. The Bertz CT molecular complexity index is 1020. The summed E-state index contributed by atoms with van der Waals surface area (Å²) in [6.07, 6.45) is 0. The molecule has 1 amide bonds. The summed E-state index contributed by atoms with van der Waals surface area (Å²) in [5.74, 6) is -1.88. The first-order valence-corrected chi connectivity index (χ1v) is 9.98. The molecule has 0 saturated heterocycles. The number of nitrogens with one attached hydrogen (secondary N) is 1. The van der Waals surface area contributed by atoms with Crippen molar-refractivity contribution in [3.8, 4) is 0 Å². The number of carbonyl (C=O) groups excluding carboxylic acids is 1. The first kappa shape index (κ1) is 18.5. The van der Waals surface area contributed by atoms with Crippen molar-refractivity contribution in [2.45, 2.75) is 9.79 Å². The second kappa shape index (κ2) is 6.59. The van der Waals surface area contributed by atoms with Gasteiger partial charge in [-0.25, -0.2) is 31.1 Å². The van der Waals surface area contributed by atoms with Gasteiger partial charge in [0.1, 0.15) is 15.6 Å². The highest BCUT2D eigenvalue weighted by Gasteiger charge is 2.26. The summed E-state index contributed by atoms with van der Waals surface area (Å²) in [5, 5.41) is 4.97. The Labute approximate surface area is 145 Å². The number of sulfonamides is 2. The summed E-state index contributed by atoms with van der Waals surface area (Å²) in [7, 11) is -8.86. The quantitative estimate of drug-likeness (QED) is 0.748. The van der Waals surface area contributed by atoms with Crippen molar-refractivity contribution in [1.29, 1.82) is 0 Å². The van der Waals surface area contributed by atoms with E-state index in [1.54, 1.807) is 4.72 Å². The van der Waals surface area contributed by atoms with Crippen molar-refractivity contribution in [3.05, 3.63) is 58.3 Å². The smallest absolute Gasteiger partial charge is 0.265 e. The summed E-state index contributed by atoms with van der Waals surface area (Å²) in [6, 6.07) is 7.79. The molecule has 24 heavy (non-hydrogen) atoms. The van der Waals surface area contributed by atoms with Crippen LogP contribution in [0.15, 0.2) is 56.7 Å². The van der Waals surface area contributed by atoms with Crippen LogP contribution in [0.3, 0.4) is 0 Å². The molecule has 128 valence electrons. The molecule has 0 aliphatic rings. The number of primary sulfonamides is 1. The number of carbonyl (C=O) groups is 1. The summed E-state index contributed by atoms with van der Waals surface area (Å²) in [5.41, 5.74) is -0.257. The molecule has 0 aromatic heterocycles. The first-order valence-electron chi connectivity index (χ1n) is 6.16. The summed E-state index contributed by atoms with van der Waals surface area (Å²) < 4.78 is 62.8. The predicted molar refractivity (Wildman–Crippen MR) is 86.6 cm³/mol. The monoisotopic (exact) mass is 436 g/mol. The molecule has 2 aromatic carbocycles. The van der Waals surface area contributed by atoms with E-state index in [0.29, 0.717) is 0 Å². The van der Waals surface area contributed by atoms with E-state index >= 15 is 0 Å². The minimum atomic E-state index is -4.54. The molecule has 0 heterocycles. The Hall–Kier alpha value is -1.82. The molecule has 0 aliphatic carbocycles. The minimum Gasteiger partial charge on any atom is -0.268 e. The molecule has 11 heteroatoms. The second-order valence-corrected chi connectivity index (χ2v) is 8.59. The standard InChI is InChI=1S/C13H10BrFN2O5S2/c14-9-6-5-8(7-10(9)15)13(18)17-24(21,22)12-4-2-1-3-11(12)23(16,19)20/h1-7H,(H,17,18)(H2,16,19,20). The lowest BCUT2D eigenvalue weighted by Gasteiger charge is -2.10. The Balaban J connectivity index is 2.42. The SMILES string of the molecule is NS(=O)(=O)c1ccccc1S(=O)(=O)NC(=O)c1ccc(Br)c(F)c1. The molecule has 0 fully saturated rings. The zero-order valence-electron chi connectivity index (χ0n) is 11.7. The molecule has 2 aromatic rings. The van der Waals surface area contributed by atoms with E-state index in [0.717, 1.165) is 18.2 Å². The minimum absolute atomic E-state index is 0.0986. The van der Waals surface area contributed by atoms with Crippen molar-refractivity contribution in [3.63, 3.8) is 0 Å². The van der Waals surface area contributed by atoms with Gasteiger partial charge in [0.15, 0.2) is 0 Å².